The maximum Gasteiger partial charge on any atom is 0.251 e. The van der Waals surface area contributed by atoms with Crippen LogP contribution < -0.4 is 14.8 Å². The van der Waals surface area contributed by atoms with E-state index >= 15 is 0 Å². The fraction of sp³-hybridized carbons (Fsp3) is 0.211. The van der Waals surface area contributed by atoms with Crippen LogP contribution >= 0.6 is 0 Å². The average molecular weight is 372 g/mol. The van der Waals surface area contributed by atoms with E-state index in [0.717, 1.165) is 11.3 Å². The summed E-state index contributed by atoms with van der Waals surface area (Å²) in [6, 6.07) is 13.3. The molecule has 0 spiro atoms. The SMILES string of the molecule is C=CCNS(=O)(=O)c1ccc(C(=O)NC2CCOc3ccccc32)cc1. The highest BCUT2D eigenvalue weighted by Gasteiger charge is 2.23. The summed E-state index contributed by atoms with van der Waals surface area (Å²) < 4.78 is 32.1. The predicted octanol–water partition coefficient (Wildman–Crippen LogP) is 2.40. The van der Waals surface area contributed by atoms with Crippen molar-refractivity contribution in [3.63, 3.8) is 0 Å². The molecule has 0 radical (unpaired) electrons. The Kier molecular flexibility index (Phi) is 5.39. The highest BCUT2D eigenvalue weighted by Crippen LogP contribution is 2.31. The van der Waals surface area contributed by atoms with Crippen molar-refractivity contribution in [2.24, 2.45) is 0 Å². The van der Waals surface area contributed by atoms with Crippen LogP contribution in [0.25, 0.3) is 0 Å². The molecule has 6 nitrogen and oxygen atoms in total. The highest BCUT2D eigenvalue weighted by molar-refractivity contribution is 7.89. The first-order valence-electron chi connectivity index (χ1n) is 8.24. The number of hydrogen-bond acceptors (Lipinski definition) is 4. The average Bonchev–Trinajstić information content (AvgIpc) is 2.67. The molecule has 1 aliphatic heterocycles. The zero-order valence-electron chi connectivity index (χ0n) is 14.1. The van der Waals surface area contributed by atoms with Gasteiger partial charge in [0.05, 0.1) is 17.5 Å². The quantitative estimate of drug-likeness (QED) is 0.763. The van der Waals surface area contributed by atoms with E-state index in [0.29, 0.717) is 18.6 Å². The molecule has 0 aromatic heterocycles. The van der Waals surface area contributed by atoms with Crippen molar-refractivity contribution in [3.05, 3.63) is 72.3 Å². The number of hydrogen-bond donors (Lipinski definition) is 2. The molecule has 0 saturated heterocycles. The minimum Gasteiger partial charge on any atom is -0.493 e. The van der Waals surface area contributed by atoms with Crippen LogP contribution in [0.2, 0.25) is 0 Å². The first kappa shape index (κ1) is 18.2. The molecular weight excluding hydrogens is 352 g/mol. The first-order chi connectivity index (χ1) is 12.5. The second-order valence-electron chi connectivity index (χ2n) is 5.87. The molecule has 3 rings (SSSR count). The lowest BCUT2D eigenvalue weighted by Gasteiger charge is -2.26. The third kappa shape index (κ3) is 3.95. The smallest absolute Gasteiger partial charge is 0.251 e. The third-order valence-electron chi connectivity index (χ3n) is 4.11. The van der Waals surface area contributed by atoms with E-state index in [1.54, 1.807) is 0 Å². The summed E-state index contributed by atoms with van der Waals surface area (Å²) >= 11 is 0. The number of rotatable bonds is 6. The van der Waals surface area contributed by atoms with E-state index in [1.165, 1.54) is 30.3 Å². The van der Waals surface area contributed by atoms with Gasteiger partial charge in [-0.05, 0) is 30.3 Å². The van der Waals surface area contributed by atoms with Gasteiger partial charge in [-0.1, -0.05) is 24.3 Å². The van der Waals surface area contributed by atoms with Gasteiger partial charge >= 0.3 is 0 Å². The van der Waals surface area contributed by atoms with Crippen LogP contribution in [-0.4, -0.2) is 27.5 Å². The number of ether oxygens (including phenoxy) is 1. The van der Waals surface area contributed by atoms with Gasteiger partial charge in [-0.3, -0.25) is 4.79 Å². The van der Waals surface area contributed by atoms with Gasteiger partial charge in [-0.15, -0.1) is 6.58 Å². The lowest BCUT2D eigenvalue weighted by Crippen LogP contribution is -2.32. The molecule has 0 saturated carbocycles. The van der Waals surface area contributed by atoms with Crippen LogP contribution in [-0.2, 0) is 10.0 Å². The summed E-state index contributed by atoms with van der Waals surface area (Å²) in [6.07, 6.45) is 2.14. The minimum absolute atomic E-state index is 0.104. The van der Waals surface area contributed by atoms with Gasteiger partial charge in [0.2, 0.25) is 10.0 Å². The number of benzene rings is 2. The molecular formula is C19H20N2O4S. The molecule has 2 N–H and O–H groups in total. The van der Waals surface area contributed by atoms with Gasteiger partial charge in [-0.2, -0.15) is 0 Å². The zero-order chi connectivity index (χ0) is 18.6. The van der Waals surface area contributed by atoms with Crippen molar-refractivity contribution in [3.8, 4) is 5.75 Å². The van der Waals surface area contributed by atoms with Crippen LogP contribution in [0.3, 0.4) is 0 Å². The van der Waals surface area contributed by atoms with Crippen LogP contribution in [0.1, 0.15) is 28.4 Å². The Labute approximate surface area is 152 Å². The largest absolute Gasteiger partial charge is 0.493 e. The number of para-hydroxylation sites is 1. The molecule has 1 unspecified atom stereocenters. The molecule has 136 valence electrons. The lowest BCUT2D eigenvalue weighted by atomic mass is 10.00. The third-order valence-corrected chi connectivity index (χ3v) is 5.55. The first-order valence-corrected chi connectivity index (χ1v) is 9.73. The van der Waals surface area contributed by atoms with E-state index in [1.807, 2.05) is 24.3 Å². The number of carbonyl (C=O) groups excluding carboxylic acids is 1. The Balaban J connectivity index is 1.73. The topological polar surface area (TPSA) is 84.5 Å². The van der Waals surface area contributed by atoms with E-state index in [9.17, 15) is 13.2 Å². The summed E-state index contributed by atoms with van der Waals surface area (Å²) in [6.45, 7) is 4.16. The maximum atomic E-state index is 12.5. The fourth-order valence-corrected chi connectivity index (χ4v) is 3.77. The number of nitrogens with one attached hydrogen (secondary N) is 2. The fourth-order valence-electron chi connectivity index (χ4n) is 2.77. The molecule has 1 amide bonds. The Hall–Kier alpha value is -2.64. The van der Waals surface area contributed by atoms with E-state index < -0.39 is 10.0 Å². The summed E-state index contributed by atoms with van der Waals surface area (Å²) in [5.74, 6) is 0.522. The highest BCUT2D eigenvalue weighted by atomic mass is 32.2. The normalized spacial score (nSPS) is 16.2. The van der Waals surface area contributed by atoms with E-state index in [-0.39, 0.29) is 23.4 Å². The zero-order valence-corrected chi connectivity index (χ0v) is 15.0. The molecule has 1 heterocycles. The summed E-state index contributed by atoms with van der Waals surface area (Å²) in [5, 5.41) is 2.99. The van der Waals surface area contributed by atoms with Crippen LogP contribution in [0.5, 0.6) is 5.75 Å². The summed E-state index contributed by atoms with van der Waals surface area (Å²) in [7, 11) is -3.60. The molecule has 1 atom stereocenters. The van der Waals surface area contributed by atoms with Crippen molar-refractivity contribution < 1.29 is 17.9 Å². The van der Waals surface area contributed by atoms with Crippen molar-refractivity contribution in [1.29, 1.82) is 0 Å². The number of carbonyl (C=O) groups is 1. The molecule has 7 heteroatoms. The minimum atomic E-state index is -3.60. The van der Waals surface area contributed by atoms with Crippen LogP contribution in [0.15, 0.2) is 66.1 Å². The molecule has 1 aliphatic rings. The standard InChI is InChI=1S/C19H20N2O4S/c1-2-12-20-26(23,24)15-9-7-14(8-10-15)19(22)21-17-11-13-25-18-6-4-3-5-16(17)18/h2-10,17,20H,1,11-13H2,(H,21,22). The van der Waals surface area contributed by atoms with E-state index in [2.05, 4.69) is 16.6 Å². The second kappa shape index (κ2) is 7.72. The lowest BCUT2D eigenvalue weighted by molar-refractivity contribution is 0.0924. The van der Waals surface area contributed by atoms with Crippen LogP contribution in [0, 0.1) is 0 Å². The maximum absolute atomic E-state index is 12.5. The van der Waals surface area contributed by atoms with E-state index in [4.69, 9.17) is 4.74 Å². The Morgan fingerprint density at radius 2 is 1.92 bits per heavy atom. The summed E-state index contributed by atoms with van der Waals surface area (Å²) in [4.78, 5) is 12.6. The molecule has 2 aromatic rings. The van der Waals surface area contributed by atoms with Gasteiger partial charge in [0.25, 0.3) is 5.91 Å². The second-order valence-corrected chi connectivity index (χ2v) is 7.63. The molecule has 0 fully saturated rings. The monoisotopic (exact) mass is 372 g/mol. The van der Waals surface area contributed by atoms with Gasteiger partial charge in [0, 0.05) is 24.1 Å². The van der Waals surface area contributed by atoms with Gasteiger partial charge in [-0.25, -0.2) is 13.1 Å². The number of amides is 1. The Morgan fingerprint density at radius 3 is 2.65 bits per heavy atom. The Morgan fingerprint density at radius 1 is 1.19 bits per heavy atom. The van der Waals surface area contributed by atoms with Gasteiger partial charge < -0.3 is 10.1 Å². The summed E-state index contributed by atoms with van der Waals surface area (Å²) in [5.41, 5.74) is 1.34. The molecule has 0 bridgehead atoms. The van der Waals surface area contributed by atoms with Crippen LogP contribution in [0.4, 0.5) is 0 Å². The predicted molar refractivity (Wildman–Crippen MR) is 98.6 cm³/mol. The van der Waals surface area contributed by atoms with Crippen molar-refractivity contribution in [1.82, 2.24) is 10.0 Å². The van der Waals surface area contributed by atoms with Crippen molar-refractivity contribution in [2.75, 3.05) is 13.2 Å². The molecule has 0 aliphatic carbocycles. The number of sulfonamides is 1. The Bertz CT molecular complexity index is 907. The van der Waals surface area contributed by atoms with Gasteiger partial charge in [0.1, 0.15) is 5.75 Å². The van der Waals surface area contributed by atoms with Crippen molar-refractivity contribution >= 4 is 15.9 Å². The molecule has 26 heavy (non-hydrogen) atoms. The number of fused-ring (bicyclic) bond motifs is 1. The van der Waals surface area contributed by atoms with Gasteiger partial charge in [0.15, 0.2) is 0 Å². The van der Waals surface area contributed by atoms with Crippen molar-refractivity contribution in [2.45, 2.75) is 17.4 Å². The molecule has 2 aromatic carbocycles.